The second-order valence-corrected chi connectivity index (χ2v) is 5.03. The van der Waals surface area contributed by atoms with E-state index in [0.29, 0.717) is 11.1 Å². The number of hydrogen-bond donors (Lipinski definition) is 1. The van der Waals surface area contributed by atoms with Crippen molar-refractivity contribution in [2.45, 2.75) is 32.2 Å². The molecule has 1 unspecified atom stereocenters. The first kappa shape index (κ1) is 12.6. The molecule has 0 saturated carbocycles. The molecule has 1 aliphatic rings. The highest BCUT2D eigenvalue weighted by Crippen LogP contribution is 2.17. The van der Waals surface area contributed by atoms with Gasteiger partial charge in [-0.15, -0.1) is 0 Å². The van der Waals surface area contributed by atoms with Gasteiger partial charge in [-0.1, -0.05) is 18.0 Å². The van der Waals surface area contributed by atoms with E-state index in [2.05, 4.69) is 27.1 Å². The molecule has 2 heterocycles. The van der Waals surface area contributed by atoms with Gasteiger partial charge in [0.2, 0.25) is 0 Å². The molecule has 0 radical (unpaired) electrons. The summed E-state index contributed by atoms with van der Waals surface area (Å²) in [5.74, 6) is 0.728. The number of nitrogens with one attached hydrogen (secondary N) is 1. The fourth-order valence-corrected chi connectivity index (χ4v) is 2.39. The first-order valence-electron chi connectivity index (χ1n) is 6.20. The quantitative estimate of drug-likeness (QED) is 0.896. The van der Waals surface area contributed by atoms with Crippen molar-refractivity contribution in [1.82, 2.24) is 14.9 Å². The third-order valence-corrected chi connectivity index (χ3v) is 3.31. The third-order valence-electron chi connectivity index (χ3n) is 3.03. The normalized spacial score (nSPS) is 18.9. The highest BCUT2D eigenvalue weighted by Gasteiger charge is 2.14. The molecule has 1 saturated heterocycles. The van der Waals surface area contributed by atoms with Crippen LogP contribution in [0.15, 0.2) is 12.5 Å². The third kappa shape index (κ3) is 3.82. The molecular weight excluding hydrogens is 236 g/mol. The summed E-state index contributed by atoms with van der Waals surface area (Å²) < 4.78 is 0. The Morgan fingerprint density at radius 2 is 2.18 bits per heavy atom. The number of anilines is 1. The number of halogens is 1. The molecule has 1 aromatic heterocycles. The maximum atomic E-state index is 6.01. The summed E-state index contributed by atoms with van der Waals surface area (Å²) in [5, 5.41) is 3.91. The summed E-state index contributed by atoms with van der Waals surface area (Å²) in [7, 11) is 0. The smallest absolute Gasteiger partial charge is 0.148 e. The highest BCUT2D eigenvalue weighted by molar-refractivity contribution is 6.32. The first-order valence-corrected chi connectivity index (χ1v) is 6.58. The van der Waals surface area contributed by atoms with Gasteiger partial charge in [0.1, 0.15) is 17.2 Å². The lowest BCUT2D eigenvalue weighted by atomic mass is 10.1. The zero-order valence-electron chi connectivity index (χ0n) is 10.2. The van der Waals surface area contributed by atoms with Gasteiger partial charge in [0.05, 0.1) is 6.20 Å². The predicted molar refractivity (Wildman–Crippen MR) is 70.4 cm³/mol. The monoisotopic (exact) mass is 254 g/mol. The van der Waals surface area contributed by atoms with Gasteiger partial charge >= 0.3 is 0 Å². The van der Waals surface area contributed by atoms with E-state index in [4.69, 9.17) is 11.6 Å². The maximum absolute atomic E-state index is 6.01. The summed E-state index contributed by atoms with van der Waals surface area (Å²) in [6.07, 6.45) is 7.14. The molecule has 1 aliphatic heterocycles. The minimum atomic E-state index is 0.348. The van der Waals surface area contributed by atoms with Crippen molar-refractivity contribution in [3.63, 3.8) is 0 Å². The molecule has 0 amide bonds. The number of rotatable bonds is 4. The molecule has 1 atom stereocenters. The van der Waals surface area contributed by atoms with E-state index < -0.39 is 0 Å². The Morgan fingerprint density at radius 3 is 2.88 bits per heavy atom. The lowest BCUT2D eigenvalue weighted by molar-refractivity contribution is 0.223. The number of piperidine rings is 1. The van der Waals surface area contributed by atoms with Gasteiger partial charge in [-0.25, -0.2) is 9.97 Å². The average Bonchev–Trinajstić information content (AvgIpc) is 2.33. The molecule has 0 bridgehead atoms. The number of aromatic nitrogens is 2. The minimum absolute atomic E-state index is 0.348. The Hall–Kier alpha value is -0.870. The van der Waals surface area contributed by atoms with Crippen LogP contribution < -0.4 is 5.32 Å². The average molecular weight is 255 g/mol. The van der Waals surface area contributed by atoms with E-state index in [9.17, 15) is 0 Å². The van der Waals surface area contributed by atoms with Crippen LogP contribution in [0.3, 0.4) is 0 Å². The van der Waals surface area contributed by atoms with Crippen LogP contribution in [0.25, 0.3) is 0 Å². The van der Waals surface area contributed by atoms with Crippen molar-refractivity contribution in [1.29, 1.82) is 0 Å². The van der Waals surface area contributed by atoms with E-state index in [-0.39, 0.29) is 0 Å². The summed E-state index contributed by atoms with van der Waals surface area (Å²) in [4.78, 5) is 10.5. The molecule has 0 aliphatic carbocycles. The van der Waals surface area contributed by atoms with Gasteiger partial charge in [0.25, 0.3) is 0 Å². The standard InChI is InChI=1S/C12H19ClN4/c1-10(8-17-5-3-2-4-6-17)16-12-11(13)7-14-9-15-12/h7,9-10H,2-6,8H2,1H3,(H,14,15,16). The summed E-state index contributed by atoms with van der Waals surface area (Å²) in [6.45, 7) is 5.63. The van der Waals surface area contributed by atoms with Crippen molar-refractivity contribution in [3.8, 4) is 0 Å². The lowest BCUT2D eigenvalue weighted by Crippen LogP contribution is -2.38. The summed E-state index contributed by atoms with van der Waals surface area (Å²) in [6, 6.07) is 0.348. The molecule has 1 fully saturated rings. The van der Waals surface area contributed by atoms with E-state index in [1.165, 1.54) is 38.7 Å². The SMILES string of the molecule is CC(CN1CCCCC1)Nc1ncncc1Cl. The van der Waals surface area contributed by atoms with Crippen LogP contribution in [-0.2, 0) is 0 Å². The molecule has 94 valence electrons. The lowest BCUT2D eigenvalue weighted by Gasteiger charge is -2.29. The van der Waals surface area contributed by atoms with E-state index in [1.54, 1.807) is 6.20 Å². The van der Waals surface area contributed by atoms with Crippen LogP contribution in [-0.4, -0.2) is 40.5 Å². The number of hydrogen-bond acceptors (Lipinski definition) is 4. The fourth-order valence-electron chi connectivity index (χ4n) is 2.23. The summed E-state index contributed by atoms with van der Waals surface area (Å²) >= 11 is 6.01. The van der Waals surface area contributed by atoms with Gasteiger partial charge in [0, 0.05) is 12.6 Å². The van der Waals surface area contributed by atoms with Gasteiger partial charge in [-0.3, -0.25) is 0 Å². The van der Waals surface area contributed by atoms with Crippen LogP contribution in [0.1, 0.15) is 26.2 Å². The number of likely N-dealkylation sites (tertiary alicyclic amines) is 1. The van der Waals surface area contributed by atoms with Crippen LogP contribution in [0, 0.1) is 0 Å². The zero-order valence-corrected chi connectivity index (χ0v) is 11.0. The Labute approximate surface area is 107 Å². The zero-order chi connectivity index (χ0) is 12.1. The molecule has 1 aromatic rings. The molecule has 17 heavy (non-hydrogen) atoms. The van der Waals surface area contributed by atoms with E-state index >= 15 is 0 Å². The topological polar surface area (TPSA) is 41.0 Å². The van der Waals surface area contributed by atoms with Crippen LogP contribution in [0.4, 0.5) is 5.82 Å². The maximum Gasteiger partial charge on any atom is 0.148 e. The van der Waals surface area contributed by atoms with Crippen molar-refractivity contribution in [2.24, 2.45) is 0 Å². The predicted octanol–water partition coefficient (Wildman–Crippen LogP) is 2.42. The van der Waals surface area contributed by atoms with E-state index in [1.807, 2.05) is 0 Å². The molecule has 0 aromatic carbocycles. The number of nitrogens with zero attached hydrogens (tertiary/aromatic N) is 3. The molecule has 5 heteroatoms. The van der Waals surface area contributed by atoms with Crippen molar-refractivity contribution >= 4 is 17.4 Å². The van der Waals surface area contributed by atoms with Crippen LogP contribution in [0.2, 0.25) is 5.02 Å². The van der Waals surface area contributed by atoms with Crippen LogP contribution >= 0.6 is 11.6 Å². The fraction of sp³-hybridized carbons (Fsp3) is 0.667. The van der Waals surface area contributed by atoms with Crippen molar-refractivity contribution in [3.05, 3.63) is 17.5 Å². The van der Waals surface area contributed by atoms with Crippen molar-refractivity contribution in [2.75, 3.05) is 25.0 Å². The second kappa shape index (κ2) is 6.17. The Morgan fingerprint density at radius 1 is 1.41 bits per heavy atom. The molecule has 4 nitrogen and oxygen atoms in total. The van der Waals surface area contributed by atoms with E-state index in [0.717, 1.165) is 12.4 Å². The Balaban J connectivity index is 1.84. The van der Waals surface area contributed by atoms with Gasteiger partial charge in [-0.05, 0) is 32.9 Å². The molecule has 0 spiro atoms. The Kier molecular flexibility index (Phi) is 4.57. The van der Waals surface area contributed by atoms with Crippen LogP contribution in [0.5, 0.6) is 0 Å². The Bertz CT molecular complexity index is 352. The molecule has 1 N–H and O–H groups in total. The molecular formula is C12H19ClN4. The van der Waals surface area contributed by atoms with Gasteiger partial charge < -0.3 is 10.2 Å². The molecule has 2 rings (SSSR count). The largest absolute Gasteiger partial charge is 0.365 e. The van der Waals surface area contributed by atoms with Crippen molar-refractivity contribution < 1.29 is 0 Å². The first-order chi connectivity index (χ1) is 8.25. The second-order valence-electron chi connectivity index (χ2n) is 4.63. The van der Waals surface area contributed by atoms with Gasteiger partial charge in [-0.2, -0.15) is 0 Å². The minimum Gasteiger partial charge on any atom is -0.365 e. The van der Waals surface area contributed by atoms with Gasteiger partial charge in [0.15, 0.2) is 0 Å². The highest BCUT2D eigenvalue weighted by atomic mass is 35.5. The summed E-state index contributed by atoms with van der Waals surface area (Å²) in [5.41, 5.74) is 0.